The van der Waals surface area contributed by atoms with Crippen molar-refractivity contribution in [3.8, 4) is 39.4 Å². The number of anilines is 3. The molecular formula is C55H35N3O2. The highest BCUT2D eigenvalue weighted by Gasteiger charge is 2.24. The number of furan rings is 1. The van der Waals surface area contributed by atoms with Gasteiger partial charge in [0.25, 0.3) is 0 Å². The molecule has 3 aromatic heterocycles. The van der Waals surface area contributed by atoms with E-state index in [0.717, 1.165) is 94.6 Å². The molecule has 0 atom stereocenters. The molecule has 0 N–H and O–H groups in total. The molecule has 0 amide bonds. The smallest absolute Gasteiger partial charge is 0.227 e. The number of hydrogen-bond acceptors (Lipinski definition) is 4. The molecule has 60 heavy (non-hydrogen) atoms. The van der Waals surface area contributed by atoms with Crippen molar-refractivity contribution in [2.24, 2.45) is 0 Å². The molecular weight excluding hydrogens is 735 g/mol. The van der Waals surface area contributed by atoms with E-state index in [9.17, 15) is 0 Å². The molecule has 0 radical (unpaired) electrons. The predicted molar refractivity (Wildman–Crippen MR) is 247 cm³/mol. The molecule has 0 spiro atoms. The highest BCUT2D eigenvalue weighted by molar-refractivity contribution is 6.19. The minimum absolute atomic E-state index is 0.595. The lowest BCUT2D eigenvalue weighted by molar-refractivity contribution is 0.622. The Hall–Kier alpha value is -8.15. The van der Waals surface area contributed by atoms with Crippen LogP contribution in [0.5, 0.6) is 0 Å². The zero-order chi connectivity index (χ0) is 39.6. The molecule has 0 aliphatic heterocycles. The Morgan fingerprint density at radius 2 is 1.03 bits per heavy atom. The predicted octanol–water partition coefficient (Wildman–Crippen LogP) is 15.3. The largest absolute Gasteiger partial charge is 0.455 e. The van der Waals surface area contributed by atoms with Crippen LogP contribution in [0, 0.1) is 0 Å². The van der Waals surface area contributed by atoms with Crippen molar-refractivity contribution in [2.45, 2.75) is 0 Å². The van der Waals surface area contributed by atoms with E-state index >= 15 is 0 Å². The first kappa shape index (κ1) is 33.9. The van der Waals surface area contributed by atoms with E-state index < -0.39 is 0 Å². The maximum absolute atomic E-state index is 6.67. The van der Waals surface area contributed by atoms with Gasteiger partial charge >= 0.3 is 0 Å². The lowest BCUT2D eigenvalue weighted by Gasteiger charge is -2.29. The van der Waals surface area contributed by atoms with Gasteiger partial charge in [0.05, 0.1) is 27.8 Å². The Bertz CT molecular complexity index is 3530. The molecule has 12 aromatic rings. The van der Waals surface area contributed by atoms with E-state index in [2.05, 4.69) is 179 Å². The molecule has 0 unspecified atom stereocenters. The van der Waals surface area contributed by atoms with Gasteiger partial charge in [0.2, 0.25) is 5.89 Å². The first-order valence-electron chi connectivity index (χ1n) is 20.2. The molecule has 0 bridgehead atoms. The van der Waals surface area contributed by atoms with Gasteiger partial charge in [0.1, 0.15) is 16.7 Å². The van der Waals surface area contributed by atoms with Crippen LogP contribution in [0.15, 0.2) is 221 Å². The van der Waals surface area contributed by atoms with Crippen LogP contribution in [0.25, 0.3) is 94.2 Å². The van der Waals surface area contributed by atoms with Gasteiger partial charge < -0.3 is 18.3 Å². The van der Waals surface area contributed by atoms with Gasteiger partial charge in [0.15, 0.2) is 5.58 Å². The van der Waals surface area contributed by atoms with Crippen LogP contribution in [0.4, 0.5) is 17.1 Å². The topological polar surface area (TPSA) is 47.3 Å². The molecule has 0 fully saturated rings. The summed E-state index contributed by atoms with van der Waals surface area (Å²) in [4.78, 5) is 7.26. The van der Waals surface area contributed by atoms with Crippen molar-refractivity contribution in [2.75, 3.05) is 4.90 Å². The van der Waals surface area contributed by atoms with E-state index in [-0.39, 0.29) is 0 Å². The third kappa shape index (κ3) is 5.37. The maximum Gasteiger partial charge on any atom is 0.227 e. The molecule has 0 saturated heterocycles. The summed E-state index contributed by atoms with van der Waals surface area (Å²) in [6.07, 6.45) is 0. The van der Waals surface area contributed by atoms with Crippen molar-refractivity contribution in [3.63, 3.8) is 0 Å². The van der Waals surface area contributed by atoms with Crippen molar-refractivity contribution in [3.05, 3.63) is 212 Å². The zero-order valence-corrected chi connectivity index (χ0v) is 32.4. The minimum Gasteiger partial charge on any atom is -0.455 e. The Morgan fingerprint density at radius 1 is 0.417 bits per heavy atom. The Kier molecular flexibility index (Phi) is 7.78. The molecule has 5 heteroatoms. The SMILES string of the molecule is c1ccc(-c2nc3ccc4oc5c(-c6ccc(N(c7ccccc7-c7ccccc7)c7cccc8c9ccccc9n(-c9ccccc9)c78)cc6)cccc5c4c3o2)cc1. The molecule has 9 aromatic carbocycles. The summed E-state index contributed by atoms with van der Waals surface area (Å²) in [5.41, 5.74) is 15.0. The summed E-state index contributed by atoms with van der Waals surface area (Å²) in [5.74, 6) is 0.595. The third-order valence-corrected chi connectivity index (χ3v) is 11.6. The van der Waals surface area contributed by atoms with Crippen LogP contribution in [-0.4, -0.2) is 9.55 Å². The average molecular weight is 770 g/mol. The molecule has 3 heterocycles. The number of nitrogens with zero attached hydrogens (tertiary/aromatic N) is 3. The van der Waals surface area contributed by atoms with Crippen LogP contribution in [0.2, 0.25) is 0 Å². The molecule has 282 valence electrons. The summed E-state index contributed by atoms with van der Waals surface area (Å²) in [5, 5.41) is 4.33. The monoisotopic (exact) mass is 769 g/mol. The molecule has 0 saturated carbocycles. The van der Waals surface area contributed by atoms with E-state index in [1.54, 1.807) is 0 Å². The summed E-state index contributed by atoms with van der Waals surface area (Å²) >= 11 is 0. The minimum atomic E-state index is 0.595. The average Bonchev–Trinajstić information content (AvgIpc) is 4.03. The van der Waals surface area contributed by atoms with Crippen LogP contribution in [0.3, 0.4) is 0 Å². The third-order valence-electron chi connectivity index (χ3n) is 11.6. The fourth-order valence-electron chi connectivity index (χ4n) is 8.95. The van der Waals surface area contributed by atoms with Crippen LogP contribution < -0.4 is 4.90 Å². The number of benzene rings is 9. The van der Waals surface area contributed by atoms with E-state index in [1.807, 2.05) is 42.5 Å². The second-order valence-electron chi connectivity index (χ2n) is 15.1. The van der Waals surface area contributed by atoms with Gasteiger partial charge in [0, 0.05) is 44.2 Å². The van der Waals surface area contributed by atoms with Gasteiger partial charge in [-0.2, -0.15) is 0 Å². The normalized spacial score (nSPS) is 11.7. The fourth-order valence-corrected chi connectivity index (χ4v) is 8.95. The van der Waals surface area contributed by atoms with Gasteiger partial charge in [-0.05, 0) is 77.9 Å². The Morgan fingerprint density at radius 3 is 1.85 bits per heavy atom. The number of hydrogen-bond donors (Lipinski definition) is 0. The van der Waals surface area contributed by atoms with Crippen molar-refractivity contribution in [1.82, 2.24) is 9.55 Å². The fraction of sp³-hybridized carbons (Fsp3) is 0. The van der Waals surface area contributed by atoms with Gasteiger partial charge in [-0.3, -0.25) is 0 Å². The van der Waals surface area contributed by atoms with Gasteiger partial charge in [-0.25, -0.2) is 4.98 Å². The van der Waals surface area contributed by atoms with Crippen LogP contribution >= 0.6 is 0 Å². The van der Waals surface area contributed by atoms with Crippen molar-refractivity contribution >= 4 is 71.9 Å². The quantitative estimate of drug-likeness (QED) is 0.162. The molecule has 12 rings (SSSR count). The summed E-state index contributed by atoms with van der Waals surface area (Å²) < 4.78 is 15.5. The summed E-state index contributed by atoms with van der Waals surface area (Å²) in [6, 6.07) is 74.6. The lowest BCUT2D eigenvalue weighted by Crippen LogP contribution is -2.12. The highest BCUT2D eigenvalue weighted by Crippen LogP contribution is 2.47. The van der Waals surface area contributed by atoms with E-state index in [1.165, 1.54) is 10.8 Å². The summed E-state index contributed by atoms with van der Waals surface area (Å²) in [6.45, 7) is 0. The number of fused-ring (bicyclic) bond motifs is 8. The number of aromatic nitrogens is 2. The number of para-hydroxylation sites is 5. The van der Waals surface area contributed by atoms with Crippen LogP contribution in [0.1, 0.15) is 0 Å². The number of rotatable bonds is 7. The molecule has 0 aliphatic rings. The Labute approximate surface area is 345 Å². The standard InChI is InChI=1S/C55H35N3O2/c1-4-16-36(17-5-1)41-22-10-12-27-47(41)57(49-29-15-25-44-43-23-11-13-28-48(43)58(52(44)49)39-20-8-3-9-21-39)40-32-30-37(31-33-40)42-24-14-26-45-51-50(59-53(42)45)35-34-46-54(51)60-55(56-46)38-18-6-2-7-19-38/h1-35H. The van der Waals surface area contributed by atoms with Crippen LogP contribution in [-0.2, 0) is 0 Å². The van der Waals surface area contributed by atoms with Crippen molar-refractivity contribution < 1.29 is 8.83 Å². The zero-order valence-electron chi connectivity index (χ0n) is 32.4. The second kappa shape index (κ2) is 13.8. The number of oxazole rings is 1. The van der Waals surface area contributed by atoms with Gasteiger partial charge in [-0.15, -0.1) is 0 Å². The van der Waals surface area contributed by atoms with E-state index in [0.29, 0.717) is 5.89 Å². The summed E-state index contributed by atoms with van der Waals surface area (Å²) in [7, 11) is 0. The second-order valence-corrected chi connectivity index (χ2v) is 15.1. The first-order chi connectivity index (χ1) is 29.8. The van der Waals surface area contributed by atoms with Gasteiger partial charge in [-0.1, -0.05) is 146 Å². The first-order valence-corrected chi connectivity index (χ1v) is 20.2. The highest BCUT2D eigenvalue weighted by atomic mass is 16.4. The molecule has 0 aliphatic carbocycles. The lowest BCUT2D eigenvalue weighted by atomic mass is 10.00. The maximum atomic E-state index is 6.67. The molecule has 5 nitrogen and oxygen atoms in total. The Balaban J connectivity index is 1.05. The van der Waals surface area contributed by atoms with E-state index in [4.69, 9.17) is 13.8 Å². The van der Waals surface area contributed by atoms with Crippen molar-refractivity contribution in [1.29, 1.82) is 0 Å².